The molecule has 96 valence electrons. The van der Waals surface area contributed by atoms with E-state index in [9.17, 15) is 9.90 Å². The molecule has 2 N–H and O–H groups in total. The second-order valence-corrected chi connectivity index (χ2v) is 4.02. The SMILES string of the molecule is CCc1noc(C)c1C(=O)NCCC(O)CC. The van der Waals surface area contributed by atoms with Crippen LogP contribution in [0.3, 0.4) is 0 Å². The molecule has 1 atom stereocenters. The first kappa shape index (κ1) is 13.7. The Kier molecular flexibility index (Phi) is 5.15. The van der Waals surface area contributed by atoms with Gasteiger partial charge in [0.1, 0.15) is 11.3 Å². The Balaban J connectivity index is 2.55. The zero-order valence-corrected chi connectivity index (χ0v) is 10.6. The number of hydrogen-bond acceptors (Lipinski definition) is 4. The Morgan fingerprint density at radius 2 is 2.24 bits per heavy atom. The largest absolute Gasteiger partial charge is 0.393 e. The van der Waals surface area contributed by atoms with E-state index in [1.165, 1.54) is 0 Å². The van der Waals surface area contributed by atoms with Crippen molar-refractivity contribution in [2.75, 3.05) is 6.54 Å². The lowest BCUT2D eigenvalue weighted by Gasteiger charge is -2.08. The van der Waals surface area contributed by atoms with Crippen molar-refractivity contribution in [1.82, 2.24) is 10.5 Å². The first-order valence-corrected chi connectivity index (χ1v) is 6.01. The van der Waals surface area contributed by atoms with Crippen molar-refractivity contribution in [3.63, 3.8) is 0 Å². The average molecular weight is 240 g/mol. The summed E-state index contributed by atoms with van der Waals surface area (Å²) in [7, 11) is 0. The number of rotatable bonds is 6. The summed E-state index contributed by atoms with van der Waals surface area (Å²) in [4.78, 5) is 11.9. The van der Waals surface area contributed by atoms with E-state index in [-0.39, 0.29) is 12.0 Å². The van der Waals surface area contributed by atoms with Crippen LogP contribution in [0.4, 0.5) is 0 Å². The maximum Gasteiger partial charge on any atom is 0.256 e. The third kappa shape index (κ3) is 3.56. The van der Waals surface area contributed by atoms with Gasteiger partial charge in [0.2, 0.25) is 0 Å². The molecule has 0 fully saturated rings. The van der Waals surface area contributed by atoms with Gasteiger partial charge in [-0.2, -0.15) is 0 Å². The number of aliphatic hydroxyl groups excluding tert-OH is 1. The van der Waals surface area contributed by atoms with Crippen molar-refractivity contribution in [2.24, 2.45) is 0 Å². The highest BCUT2D eigenvalue weighted by Crippen LogP contribution is 2.13. The maximum atomic E-state index is 11.9. The lowest BCUT2D eigenvalue weighted by molar-refractivity contribution is 0.0939. The van der Waals surface area contributed by atoms with E-state index in [1.807, 2.05) is 13.8 Å². The topological polar surface area (TPSA) is 75.4 Å². The molecule has 0 bridgehead atoms. The number of nitrogens with one attached hydrogen (secondary N) is 1. The van der Waals surface area contributed by atoms with E-state index in [4.69, 9.17) is 4.52 Å². The number of aryl methyl sites for hydroxylation is 2. The predicted octanol–water partition coefficient (Wildman–Crippen LogP) is 1.44. The fourth-order valence-electron chi connectivity index (χ4n) is 1.60. The van der Waals surface area contributed by atoms with Gasteiger partial charge >= 0.3 is 0 Å². The zero-order valence-electron chi connectivity index (χ0n) is 10.6. The lowest BCUT2D eigenvalue weighted by atomic mass is 10.1. The first-order chi connectivity index (χ1) is 8.10. The predicted molar refractivity (Wildman–Crippen MR) is 63.9 cm³/mol. The quantitative estimate of drug-likeness (QED) is 0.789. The molecule has 1 aromatic heterocycles. The number of amides is 1. The van der Waals surface area contributed by atoms with E-state index in [2.05, 4.69) is 10.5 Å². The van der Waals surface area contributed by atoms with Crippen LogP contribution in [-0.2, 0) is 6.42 Å². The summed E-state index contributed by atoms with van der Waals surface area (Å²) in [5.74, 6) is 0.360. The molecule has 0 saturated carbocycles. The van der Waals surface area contributed by atoms with Crippen LogP contribution in [0, 0.1) is 6.92 Å². The van der Waals surface area contributed by atoms with Gasteiger partial charge in [-0.1, -0.05) is 19.0 Å². The monoisotopic (exact) mass is 240 g/mol. The van der Waals surface area contributed by atoms with E-state index >= 15 is 0 Å². The average Bonchev–Trinajstić information content (AvgIpc) is 2.69. The molecule has 0 aromatic carbocycles. The van der Waals surface area contributed by atoms with Gasteiger partial charge in [-0.25, -0.2) is 0 Å². The molecule has 5 nitrogen and oxygen atoms in total. The lowest BCUT2D eigenvalue weighted by Crippen LogP contribution is -2.28. The minimum absolute atomic E-state index is 0.177. The molecule has 0 radical (unpaired) electrons. The molecule has 0 aliphatic heterocycles. The van der Waals surface area contributed by atoms with Gasteiger partial charge in [-0.3, -0.25) is 4.79 Å². The Bertz CT molecular complexity index is 374. The van der Waals surface area contributed by atoms with Crippen LogP contribution in [0.5, 0.6) is 0 Å². The molecule has 17 heavy (non-hydrogen) atoms. The summed E-state index contributed by atoms with van der Waals surface area (Å²) >= 11 is 0. The molecule has 0 spiro atoms. The van der Waals surface area contributed by atoms with Crippen LogP contribution in [0.15, 0.2) is 4.52 Å². The Morgan fingerprint density at radius 3 is 2.82 bits per heavy atom. The molecule has 1 heterocycles. The summed E-state index contributed by atoms with van der Waals surface area (Å²) in [5, 5.41) is 16.0. The number of nitrogens with zero attached hydrogens (tertiary/aromatic N) is 1. The van der Waals surface area contributed by atoms with Crippen molar-refractivity contribution < 1.29 is 14.4 Å². The number of carbonyl (C=O) groups excluding carboxylic acids is 1. The van der Waals surface area contributed by atoms with Gasteiger partial charge in [0.05, 0.1) is 11.8 Å². The number of carbonyl (C=O) groups is 1. The number of hydrogen-bond donors (Lipinski definition) is 2. The second-order valence-electron chi connectivity index (χ2n) is 4.02. The van der Waals surface area contributed by atoms with Crippen LogP contribution in [0.25, 0.3) is 0 Å². The van der Waals surface area contributed by atoms with Crippen molar-refractivity contribution in [2.45, 2.75) is 46.1 Å². The van der Waals surface area contributed by atoms with Crippen LogP contribution in [-0.4, -0.2) is 28.8 Å². The molecule has 0 aliphatic carbocycles. The van der Waals surface area contributed by atoms with E-state index in [1.54, 1.807) is 6.92 Å². The normalized spacial score (nSPS) is 12.5. The summed E-state index contributed by atoms with van der Waals surface area (Å²) in [6.07, 6.45) is 1.57. The van der Waals surface area contributed by atoms with Crippen LogP contribution in [0.2, 0.25) is 0 Å². The van der Waals surface area contributed by atoms with Gasteiger partial charge in [-0.05, 0) is 26.2 Å². The Morgan fingerprint density at radius 1 is 1.53 bits per heavy atom. The Hall–Kier alpha value is -1.36. The minimum atomic E-state index is -0.357. The van der Waals surface area contributed by atoms with Gasteiger partial charge in [-0.15, -0.1) is 0 Å². The summed E-state index contributed by atoms with van der Waals surface area (Å²) in [6, 6.07) is 0. The summed E-state index contributed by atoms with van der Waals surface area (Å²) in [5.41, 5.74) is 1.20. The van der Waals surface area contributed by atoms with Gasteiger partial charge in [0.25, 0.3) is 5.91 Å². The van der Waals surface area contributed by atoms with E-state index < -0.39 is 0 Å². The molecule has 1 rings (SSSR count). The molecular formula is C12H20N2O3. The van der Waals surface area contributed by atoms with Crippen LogP contribution < -0.4 is 5.32 Å². The highest BCUT2D eigenvalue weighted by molar-refractivity contribution is 5.96. The molecular weight excluding hydrogens is 220 g/mol. The molecule has 5 heteroatoms. The summed E-state index contributed by atoms with van der Waals surface area (Å²) in [6.45, 7) is 6.02. The van der Waals surface area contributed by atoms with Gasteiger partial charge in [0, 0.05) is 6.54 Å². The maximum absolute atomic E-state index is 11.9. The van der Waals surface area contributed by atoms with E-state index in [0.29, 0.717) is 42.8 Å². The summed E-state index contributed by atoms with van der Waals surface area (Å²) < 4.78 is 5.00. The Labute approximate surface area is 101 Å². The van der Waals surface area contributed by atoms with Crippen LogP contribution >= 0.6 is 0 Å². The molecule has 1 unspecified atom stereocenters. The molecule has 1 aromatic rings. The third-order valence-corrected chi connectivity index (χ3v) is 2.73. The smallest absolute Gasteiger partial charge is 0.256 e. The second kappa shape index (κ2) is 6.39. The number of aromatic nitrogens is 1. The first-order valence-electron chi connectivity index (χ1n) is 6.01. The van der Waals surface area contributed by atoms with E-state index in [0.717, 1.165) is 0 Å². The zero-order chi connectivity index (χ0) is 12.8. The fourth-order valence-corrected chi connectivity index (χ4v) is 1.60. The molecule has 1 amide bonds. The van der Waals surface area contributed by atoms with Crippen molar-refractivity contribution in [3.05, 3.63) is 17.0 Å². The standard InChI is InChI=1S/C12H20N2O3/c1-4-9(15)6-7-13-12(16)11-8(3)17-14-10(11)5-2/h9,15H,4-7H2,1-3H3,(H,13,16). The van der Waals surface area contributed by atoms with Gasteiger partial charge in [0.15, 0.2) is 0 Å². The van der Waals surface area contributed by atoms with Crippen LogP contribution in [0.1, 0.15) is 48.5 Å². The van der Waals surface area contributed by atoms with Crippen molar-refractivity contribution in [3.8, 4) is 0 Å². The number of aliphatic hydroxyl groups is 1. The highest BCUT2D eigenvalue weighted by atomic mass is 16.5. The van der Waals surface area contributed by atoms with Crippen molar-refractivity contribution in [1.29, 1.82) is 0 Å². The highest BCUT2D eigenvalue weighted by Gasteiger charge is 2.18. The minimum Gasteiger partial charge on any atom is -0.393 e. The van der Waals surface area contributed by atoms with Gasteiger partial charge < -0.3 is 14.9 Å². The molecule has 0 aliphatic rings. The third-order valence-electron chi connectivity index (χ3n) is 2.73. The fraction of sp³-hybridized carbons (Fsp3) is 0.667. The molecule has 0 saturated heterocycles. The van der Waals surface area contributed by atoms with Crippen molar-refractivity contribution >= 4 is 5.91 Å².